The van der Waals surface area contributed by atoms with E-state index in [0.717, 1.165) is 17.8 Å². The van der Waals surface area contributed by atoms with Crippen molar-refractivity contribution in [3.8, 4) is 0 Å². The molecule has 1 unspecified atom stereocenters. The van der Waals surface area contributed by atoms with E-state index in [2.05, 4.69) is 16.0 Å². The number of anilines is 1. The highest BCUT2D eigenvalue weighted by molar-refractivity contribution is 5.96. The van der Waals surface area contributed by atoms with E-state index in [0.29, 0.717) is 18.5 Å². The lowest BCUT2D eigenvalue weighted by Gasteiger charge is -2.14. The summed E-state index contributed by atoms with van der Waals surface area (Å²) in [5, 5.41) is 8.84. The molecule has 0 saturated heterocycles. The monoisotopic (exact) mass is 291 g/mol. The summed E-state index contributed by atoms with van der Waals surface area (Å²) in [5.74, 6) is -0.128. The molecule has 5 heteroatoms. The van der Waals surface area contributed by atoms with Crippen molar-refractivity contribution in [2.24, 2.45) is 0 Å². The molecule has 1 aromatic carbocycles. The van der Waals surface area contributed by atoms with E-state index in [1.54, 1.807) is 18.2 Å². The standard InChI is InChI=1S/C16H25N3O2/c1-5-17-12(4)10-15(20)19-14-8-7-13(9-11(14)3)16(21)18-6-2/h7-9,12,17H,5-6,10H2,1-4H3,(H,18,21)(H,19,20). The predicted octanol–water partition coefficient (Wildman–Crippen LogP) is 2.07. The summed E-state index contributed by atoms with van der Waals surface area (Å²) in [5.41, 5.74) is 2.23. The summed E-state index contributed by atoms with van der Waals surface area (Å²) in [6.45, 7) is 9.19. The minimum atomic E-state index is -0.0979. The first-order valence-electron chi connectivity index (χ1n) is 7.40. The van der Waals surface area contributed by atoms with E-state index in [-0.39, 0.29) is 17.9 Å². The zero-order chi connectivity index (χ0) is 15.8. The number of hydrogen-bond donors (Lipinski definition) is 3. The average molecular weight is 291 g/mol. The molecule has 0 saturated carbocycles. The highest BCUT2D eigenvalue weighted by atomic mass is 16.2. The molecule has 0 radical (unpaired) electrons. The van der Waals surface area contributed by atoms with Crippen LogP contribution in [0.25, 0.3) is 0 Å². The second kappa shape index (κ2) is 8.42. The van der Waals surface area contributed by atoms with Crippen LogP contribution in [0.5, 0.6) is 0 Å². The largest absolute Gasteiger partial charge is 0.352 e. The number of carbonyl (C=O) groups is 2. The maximum absolute atomic E-state index is 11.9. The Balaban J connectivity index is 2.68. The molecule has 0 bridgehead atoms. The molecular weight excluding hydrogens is 266 g/mol. The van der Waals surface area contributed by atoms with Gasteiger partial charge >= 0.3 is 0 Å². The number of rotatable bonds is 7. The highest BCUT2D eigenvalue weighted by Gasteiger charge is 2.11. The molecule has 2 amide bonds. The van der Waals surface area contributed by atoms with Crippen molar-refractivity contribution in [2.75, 3.05) is 18.4 Å². The van der Waals surface area contributed by atoms with E-state index in [9.17, 15) is 9.59 Å². The molecule has 3 N–H and O–H groups in total. The first-order valence-corrected chi connectivity index (χ1v) is 7.40. The molecule has 0 heterocycles. The van der Waals surface area contributed by atoms with Crippen LogP contribution in [0.2, 0.25) is 0 Å². The lowest BCUT2D eigenvalue weighted by atomic mass is 10.1. The summed E-state index contributed by atoms with van der Waals surface area (Å²) in [7, 11) is 0. The van der Waals surface area contributed by atoms with Gasteiger partial charge in [0.25, 0.3) is 5.91 Å². The minimum Gasteiger partial charge on any atom is -0.352 e. The van der Waals surface area contributed by atoms with E-state index in [4.69, 9.17) is 0 Å². The van der Waals surface area contributed by atoms with Crippen molar-refractivity contribution in [1.29, 1.82) is 0 Å². The highest BCUT2D eigenvalue weighted by Crippen LogP contribution is 2.17. The van der Waals surface area contributed by atoms with E-state index < -0.39 is 0 Å². The Bertz CT molecular complexity index is 500. The maximum Gasteiger partial charge on any atom is 0.251 e. The molecule has 1 aromatic rings. The normalized spacial score (nSPS) is 11.8. The zero-order valence-electron chi connectivity index (χ0n) is 13.2. The first kappa shape index (κ1) is 17.2. The fourth-order valence-corrected chi connectivity index (χ4v) is 2.11. The average Bonchev–Trinajstić information content (AvgIpc) is 2.41. The number of hydrogen-bond acceptors (Lipinski definition) is 3. The lowest BCUT2D eigenvalue weighted by molar-refractivity contribution is -0.116. The van der Waals surface area contributed by atoms with Gasteiger partial charge < -0.3 is 16.0 Å². The van der Waals surface area contributed by atoms with Gasteiger partial charge in [-0.2, -0.15) is 0 Å². The summed E-state index contributed by atoms with van der Waals surface area (Å²) in [6.07, 6.45) is 0.422. The summed E-state index contributed by atoms with van der Waals surface area (Å²) in [6, 6.07) is 5.43. The van der Waals surface area contributed by atoms with Crippen molar-refractivity contribution in [3.05, 3.63) is 29.3 Å². The Hall–Kier alpha value is -1.88. The van der Waals surface area contributed by atoms with Gasteiger partial charge in [-0.1, -0.05) is 6.92 Å². The van der Waals surface area contributed by atoms with Crippen molar-refractivity contribution in [3.63, 3.8) is 0 Å². The number of aryl methyl sites for hydroxylation is 1. The Kier molecular flexibility index (Phi) is 6.88. The second-order valence-corrected chi connectivity index (χ2v) is 5.10. The Labute approximate surface area is 126 Å². The summed E-state index contributed by atoms with van der Waals surface area (Å²) < 4.78 is 0. The van der Waals surface area contributed by atoms with Crippen molar-refractivity contribution in [1.82, 2.24) is 10.6 Å². The van der Waals surface area contributed by atoms with Crippen LogP contribution in [0.4, 0.5) is 5.69 Å². The molecule has 5 nitrogen and oxygen atoms in total. The Morgan fingerprint density at radius 3 is 2.48 bits per heavy atom. The summed E-state index contributed by atoms with van der Waals surface area (Å²) >= 11 is 0. The molecule has 21 heavy (non-hydrogen) atoms. The van der Waals surface area contributed by atoms with Crippen LogP contribution >= 0.6 is 0 Å². The van der Waals surface area contributed by atoms with Gasteiger partial charge in [0, 0.05) is 30.3 Å². The maximum atomic E-state index is 11.9. The van der Waals surface area contributed by atoms with E-state index >= 15 is 0 Å². The van der Waals surface area contributed by atoms with Crippen molar-refractivity contribution < 1.29 is 9.59 Å². The fraction of sp³-hybridized carbons (Fsp3) is 0.500. The van der Waals surface area contributed by atoms with Gasteiger partial charge in [0.05, 0.1) is 0 Å². The molecule has 116 valence electrons. The van der Waals surface area contributed by atoms with Gasteiger partial charge in [-0.25, -0.2) is 0 Å². The molecule has 1 atom stereocenters. The van der Waals surface area contributed by atoms with Crippen LogP contribution in [0.3, 0.4) is 0 Å². The van der Waals surface area contributed by atoms with Crippen LogP contribution in [-0.2, 0) is 4.79 Å². The first-order chi connectivity index (χ1) is 9.97. The lowest BCUT2D eigenvalue weighted by Crippen LogP contribution is -2.30. The smallest absolute Gasteiger partial charge is 0.251 e. The Morgan fingerprint density at radius 2 is 1.90 bits per heavy atom. The second-order valence-electron chi connectivity index (χ2n) is 5.10. The third-order valence-electron chi connectivity index (χ3n) is 3.14. The zero-order valence-corrected chi connectivity index (χ0v) is 13.2. The minimum absolute atomic E-state index is 0.0303. The van der Waals surface area contributed by atoms with Gasteiger partial charge in [-0.3, -0.25) is 9.59 Å². The van der Waals surface area contributed by atoms with E-state index in [1.165, 1.54) is 0 Å². The number of benzene rings is 1. The quantitative estimate of drug-likeness (QED) is 0.720. The van der Waals surface area contributed by atoms with Gasteiger partial charge in [0.2, 0.25) is 5.91 Å². The number of nitrogens with one attached hydrogen (secondary N) is 3. The van der Waals surface area contributed by atoms with Crippen molar-refractivity contribution >= 4 is 17.5 Å². The molecule has 0 aromatic heterocycles. The molecule has 0 spiro atoms. The number of amides is 2. The van der Waals surface area contributed by atoms with Crippen LogP contribution in [0.15, 0.2) is 18.2 Å². The SMILES string of the molecule is CCNC(=O)c1ccc(NC(=O)CC(C)NCC)c(C)c1. The van der Waals surface area contributed by atoms with Crippen LogP contribution in [-0.4, -0.2) is 30.9 Å². The van der Waals surface area contributed by atoms with Gasteiger partial charge in [0.1, 0.15) is 0 Å². The van der Waals surface area contributed by atoms with Gasteiger partial charge in [0.15, 0.2) is 0 Å². The van der Waals surface area contributed by atoms with Crippen LogP contribution in [0, 0.1) is 6.92 Å². The number of carbonyl (C=O) groups excluding carboxylic acids is 2. The third-order valence-corrected chi connectivity index (χ3v) is 3.14. The van der Waals surface area contributed by atoms with E-state index in [1.807, 2.05) is 27.7 Å². The Morgan fingerprint density at radius 1 is 1.19 bits per heavy atom. The van der Waals surface area contributed by atoms with Crippen LogP contribution in [0.1, 0.15) is 43.1 Å². The summed E-state index contributed by atoms with van der Waals surface area (Å²) in [4.78, 5) is 23.7. The molecule has 0 aliphatic carbocycles. The fourth-order valence-electron chi connectivity index (χ4n) is 2.11. The van der Waals surface area contributed by atoms with Gasteiger partial charge in [-0.15, -0.1) is 0 Å². The van der Waals surface area contributed by atoms with Crippen molar-refractivity contribution in [2.45, 2.75) is 40.2 Å². The van der Waals surface area contributed by atoms with Crippen LogP contribution < -0.4 is 16.0 Å². The molecule has 0 aliphatic rings. The topological polar surface area (TPSA) is 70.2 Å². The molecule has 1 rings (SSSR count). The third kappa shape index (κ3) is 5.55. The molecule has 0 fully saturated rings. The molecular formula is C16H25N3O2. The van der Waals surface area contributed by atoms with Gasteiger partial charge in [-0.05, 0) is 51.1 Å². The molecule has 0 aliphatic heterocycles. The predicted molar refractivity (Wildman–Crippen MR) is 85.6 cm³/mol.